The van der Waals surface area contributed by atoms with Crippen molar-refractivity contribution in [3.05, 3.63) is 34.9 Å². The number of carbonyl (C=O) groups excluding carboxylic acids is 2. The highest BCUT2D eigenvalue weighted by atomic mass is 35.5. The SMILES string of the molecule is N#CCNC(=O)C1CCCCC1NC(=O)c1cccc(Cl)c1. The van der Waals surface area contributed by atoms with E-state index in [-0.39, 0.29) is 30.3 Å². The summed E-state index contributed by atoms with van der Waals surface area (Å²) in [5.41, 5.74) is 0.481. The molecule has 6 heteroatoms. The van der Waals surface area contributed by atoms with Crippen molar-refractivity contribution in [3.8, 4) is 6.07 Å². The van der Waals surface area contributed by atoms with Crippen molar-refractivity contribution in [2.75, 3.05) is 6.54 Å². The van der Waals surface area contributed by atoms with Gasteiger partial charge in [0.05, 0.1) is 12.0 Å². The lowest BCUT2D eigenvalue weighted by molar-refractivity contribution is -0.126. The molecule has 116 valence electrons. The molecule has 1 aromatic carbocycles. The van der Waals surface area contributed by atoms with E-state index >= 15 is 0 Å². The second-order valence-corrected chi connectivity index (χ2v) is 5.79. The normalized spacial score (nSPS) is 20.7. The number of amides is 2. The van der Waals surface area contributed by atoms with E-state index in [1.165, 1.54) is 0 Å². The van der Waals surface area contributed by atoms with Gasteiger partial charge in [0, 0.05) is 16.6 Å². The van der Waals surface area contributed by atoms with E-state index < -0.39 is 0 Å². The average Bonchev–Trinajstić information content (AvgIpc) is 2.53. The van der Waals surface area contributed by atoms with Crippen LogP contribution in [-0.4, -0.2) is 24.4 Å². The van der Waals surface area contributed by atoms with Crippen LogP contribution < -0.4 is 10.6 Å². The molecule has 2 amide bonds. The van der Waals surface area contributed by atoms with Crippen LogP contribution in [0.4, 0.5) is 0 Å². The van der Waals surface area contributed by atoms with Crippen LogP contribution in [0.3, 0.4) is 0 Å². The zero-order valence-corrected chi connectivity index (χ0v) is 12.9. The van der Waals surface area contributed by atoms with E-state index in [1.54, 1.807) is 24.3 Å². The van der Waals surface area contributed by atoms with Gasteiger partial charge in [-0.15, -0.1) is 0 Å². The van der Waals surface area contributed by atoms with Crippen LogP contribution in [0.15, 0.2) is 24.3 Å². The van der Waals surface area contributed by atoms with Crippen molar-refractivity contribution in [2.24, 2.45) is 5.92 Å². The lowest BCUT2D eigenvalue weighted by Gasteiger charge is -2.31. The maximum absolute atomic E-state index is 12.3. The van der Waals surface area contributed by atoms with Crippen molar-refractivity contribution < 1.29 is 9.59 Å². The van der Waals surface area contributed by atoms with Gasteiger partial charge in [0.25, 0.3) is 5.91 Å². The molecule has 2 N–H and O–H groups in total. The Morgan fingerprint density at radius 2 is 2.09 bits per heavy atom. The molecule has 0 bridgehead atoms. The number of carbonyl (C=O) groups is 2. The minimum atomic E-state index is -0.287. The van der Waals surface area contributed by atoms with Crippen molar-refractivity contribution in [1.82, 2.24) is 10.6 Å². The zero-order valence-electron chi connectivity index (χ0n) is 12.1. The summed E-state index contributed by atoms with van der Waals surface area (Å²) in [6.45, 7) is -0.00963. The van der Waals surface area contributed by atoms with Crippen LogP contribution in [0.2, 0.25) is 5.02 Å². The minimum Gasteiger partial charge on any atom is -0.349 e. The van der Waals surface area contributed by atoms with E-state index in [2.05, 4.69) is 10.6 Å². The molecular weight excluding hydrogens is 302 g/mol. The van der Waals surface area contributed by atoms with Gasteiger partial charge in [-0.3, -0.25) is 9.59 Å². The maximum Gasteiger partial charge on any atom is 0.251 e. The van der Waals surface area contributed by atoms with E-state index in [4.69, 9.17) is 16.9 Å². The molecule has 1 saturated carbocycles. The van der Waals surface area contributed by atoms with Crippen molar-refractivity contribution >= 4 is 23.4 Å². The first kappa shape index (κ1) is 16.3. The van der Waals surface area contributed by atoms with Crippen molar-refractivity contribution in [2.45, 2.75) is 31.7 Å². The molecule has 1 aromatic rings. The Morgan fingerprint density at radius 3 is 2.82 bits per heavy atom. The van der Waals surface area contributed by atoms with Gasteiger partial charge in [-0.05, 0) is 31.0 Å². The molecule has 22 heavy (non-hydrogen) atoms. The van der Waals surface area contributed by atoms with Gasteiger partial charge in [-0.25, -0.2) is 0 Å². The molecule has 2 unspecified atom stereocenters. The van der Waals surface area contributed by atoms with E-state index in [0.717, 1.165) is 25.7 Å². The number of halogens is 1. The largest absolute Gasteiger partial charge is 0.349 e. The Labute approximate surface area is 134 Å². The van der Waals surface area contributed by atoms with Gasteiger partial charge >= 0.3 is 0 Å². The monoisotopic (exact) mass is 319 g/mol. The highest BCUT2D eigenvalue weighted by Crippen LogP contribution is 2.25. The Balaban J connectivity index is 2.03. The topological polar surface area (TPSA) is 82.0 Å². The van der Waals surface area contributed by atoms with Gasteiger partial charge < -0.3 is 10.6 Å². The summed E-state index contributed by atoms with van der Waals surface area (Å²) >= 11 is 5.89. The fourth-order valence-corrected chi connectivity index (χ4v) is 2.95. The number of nitrogens with zero attached hydrogens (tertiary/aromatic N) is 1. The lowest BCUT2D eigenvalue weighted by atomic mass is 9.83. The average molecular weight is 320 g/mol. The molecule has 0 radical (unpaired) electrons. The zero-order chi connectivity index (χ0) is 15.9. The van der Waals surface area contributed by atoms with Gasteiger partial charge in [0.15, 0.2) is 0 Å². The number of benzene rings is 1. The Morgan fingerprint density at radius 1 is 1.32 bits per heavy atom. The van der Waals surface area contributed by atoms with Crippen molar-refractivity contribution in [1.29, 1.82) is 5.26 Å². The summed E-state index contributed by atoms with van der Waals surface area (Å²) in [4.78, 5) is 24.4. The second kappa shape index (κ2) is 7.81. The third-order valence-electron chi connectivity index (χ3n) is 3.85. The highest BCUT2D eigenvalue weighted by Gasteiger charge is 2.32. The summed E-state index contributed by atoms with van der Waals surface area (Å²) in [7, 11) is 0. The molecule has 5 nitrogen and oxygen atoms in total. The minimum absolute atomic E-state index is 0.00963. The first-order valence-electron chi connectivity index (χ1n) is 7.33. The molecule has 2 atom stereocenters. The molecule has 0 heterocycles. The smallest absolute Gasteiger partial charge is 0.251 e. The number of nitrogens with one attached hydrogen (secondary N) is 2. The first-order chi connectivity index (χ1) is 10.6. The molecule has 0 saturated heterocycles. The van der Waals surface area contributed by atoms with Crippen LogP contribution >= 0.6 is 11.6 Å². The first-order valence-corrected chi connectivity index (χ1v) is 7.70. The van der Waals surface area contributed by atoms with E-state index in [1.807, 2.05) is 6.07 Å². The molecule has 0 spiro atoms. The third-order valence-corrected chi connectivity index (χ3v) is 4.08. The number of rotatable bonds is 4. The fourth-order valence-electron chi connectivity index (χ4n) is 2.76. The van der Waals surface area contributed by atoms with Crippen LogP contribution in [0.25, 0.3) is 0 Å². The molecule has 1 aliphatic carbocycles. The molecule has 0 aliphatic heterocycles. The van der Waals surface area contributed by atoms with Crippen LogP contribution in [-0.2, 0) is 4.79 Å². The Kier molecular flexibility index (Phi) is 5.79. The molecule has 1 aliphatic rings. The molecular formula is C16H18ClN3O2. The van der Waals surface area contributed by atoms with Gasteiger partial charge in [-0.1, -0.05) is 30.5 Å². The predicted octanol–water partition coefficient (Wildman–Crippen LogP) is 2.27. The summed E-state index contributed by atoms with van der Waals surface area (Å²) < 4.78 is 0. The quantitative estimate of drug-likeness (QED) is 0.835. The maximum atomic E-state index is 12.3. The van der Waals surface area contributed by atoms with E-state index in [9.17, 15) is 9.59 Å². The second-order valence-electron chi connectivity index (χ2n) is 5.36. The van der Waals surface area contributed by atoms with Crippen molar-refractivity contribution in [3.63, 3.8) is 0 Å². The Hall–Kier alpha value is -2.06. The van der Waals surface area contributed by atoms with Gasteiger partial charge in [-0.2, -0.15) is 5.26 Å². The van der Waals surface area contributed by atoms with Gasteiger partial charge in [0.2, 0.25) is 5.91 Å². The highest BCUT2D eigenvalue weighted by molar-refractivity contribution is 6.30. The summed E-state index contributed by atoms with van der Waals surface area (Å²) in [5.74, 6) is -0.685. The standard InChI is InChI=1S/C16H18ClN3O2/c17-12-5-3-4-11(10-12)15(21)20-14-7-2-1-6-13(14)16(22)19-9-8-18/h3-5,10,13-14H,1-2,6-7,9H2,(H,19,22)(H,20,21). The fraction of sp³-hybridized carbons (Fsp3) is 0.438. The lowest BCUT2D eigenvalue weighted by Crippen LogP contribution is -2.48. The number of hydrogen-bond acceptors (Lipinski definition) is 3. The van der Waals surface area contributed by atoms with Crippen LogP contribution in [0.5, 0.6) is 0 Å². The molecule has 0 aromatic heterocycles. The van der Waals surface area contributed by atoms with Crippen LogP contribution in [0.1, 0.15) is 36.0 Å². The summed E-state index contributed by atoms with van der Waals surface area (Å²) in [6, 6.07) is 8.40. The molecule has 2 rings (SSSR count). The summed E-state index contributed by atoms with van der Waals surface area (Å²) in [5, 5.41) is 14.6. The Bertz CT molecular complexity index is 597. The predicted molar refractivity (Wildman–Crippen MR) is 83.3 cm³/mol. The third kappa shape index (κ3) is 4.22. The summed E-state index contributed by atoms with van der Waals surface area (Å²) in [6.07, 6.45) is 3.41. The van der Waals surface area contributed by atoms with Gasteiger partial charge in [0.1, 0.15) is 6.54 Å². The number of hydrogen-bond donors (Lipinski definition) is 2. The van der Waals surface area contributed by atoms with Crippen LogP contribution in [0, 0.1) is 17.2 Å². The number of nitriles is 1. The molecule has 1 fully saturated rings. The van der Waals surface area contributed by atoms with E-state index in [0.29, 0.717) is 10.6 Å².